The van der Waals surface area contributed by atoms with Crippen molar-refractivity contribution in [2.24, 2.45) is 0 Å². The lowest BCUT2D eigenvalue weighted by atomic mass is 9.78. The van der Waals surface area contributed by atoms with Crippen LogP contribution < -0.4 is 9.64 Å². The van der Waals surface area contributed by atoms with Crippen molar-refractivity contribution in [3.05, 3.63) is 54.1 Å². The molecule has 6 nitrogen and oxygen atoms in total. The molecule has 0 unspecified atom stereocenters. The first-order valence-electron chi connectivity index (χ1n) is 10.2. The Bertz CT molecular complexity index is 1160. The van der Waals surface area contributed by atoms with Crippen LogP contribution in [0.3, 0.4) is 0 Å². The molecule has 3 aromatic rings. The van der Waals surface area contributed by atoms with Crippen molar-refractivity contribution < 1.29 is 31.8 Å². The van der Waals surface area contributed by atoms with Crippen LogP contribution in [0, 0.1) is 5.82 Å². The molecular weight excluding hydrogens is 466 g/mol. The van der Waals surface area contributed by atoms with Crippen LogP contribution in [0.1, 0.15) is 37.4 Å². The first-order valence-corrected chi connectivity index (χ1v) is 10.2. The number of nitrogens with zero attached hydrogens (tertiary/aromatic N) is 2. The van der Waals surface area contributed by atoms with E-state index in [1.54, 1.807) is 12.1 Å². The van der Waals surface area contributed by atoms with E-state index in [-0.39, 0.29) is 29.9 Å². The number of fused-ring (bicyclic) bond motifs is 1. The number of carbonyl (C=O) groups is 1. The van der Waals surface area contributed by atoms with Gasteiger partial charge in [0.25, 0.3) is 0 Å². The molecule has 1 aliphatic heterocycles. The molecule has 0 radical (unpaired) electrons. The van der Waals surface area contributed by atoms with Crippen LogP contribution in [-0.2, 0) is 4.74 Å². The predicted molar refractivity (Wildman–Crippen MR) is 114 cm³/mol. The number of hydrogen-bond acceptors (Lipinski definition) is 4. The minimum absolute atomic E-state index is 0. The Kier molecular flexibility index (Phi) is 5.90. The van der Waals surface area contributed by atoms with Crippen LogP contribution in [-0.4, -0.2) is 34.6 Å². The topological polar surface area (TPSA) is 67.5 Å². The molecule has 2 aromatic carbocycles. The van der Waals surface area contributed by atoms with Crippen LogP contribution in [0.5, 0.6) is 5.75 Å². The largest absolute Gasteiger partial charge is 0.573 e. The molecule has 1 amide bonds. The van der Waals surface area contributed by atoms with Crippen molar-refractivity contribution in [1.82, 2.24) is 9.97 Å². The lowest BCUT2D eigenvalue weighted by Gasteiger charge is -2.34. The van der Waals surface area contributed by atoms with Crippen molar-refractivity contribution in [1.29, 1.82) is 0 Å². The highest BCUT2D eigenvalue weighted by Gasteiger charge is 2.48. The lowest BCUT2D eigenvalue weighted by Crippen LogP contribution is -2.38. The van der Waals surface area contributed by atoms with Crippen molar-refractivity contribution in [3.8, 4) is 5.75 Å². The molecule has 2 fully saturated rings. The number of carbonyl (C=O) groups excluding carboxylic acids is 1. The zero-order valence-corrected chi connectivity index (χ0v) is 18.0. The molecular formula is C22H20ClF4N3O3. The van der Waals surface area contributed by atoms with Gasteiger partial charge in [-0.05, 0) is 62.1 Å². The summed E-state index contributed by atoms with van der Waals surface area (Å²) in [5.41, 5.74) is 1.01. The third-order valence-corrected chi connectivity index (χ3v) is 6.10. The van der Waals surface area contributed by atoms with Gasteiger partial charge in [0.15, 0.2) is 0 Å². The van der Waals surface area contributed by atoms with Gasteiger partial charge >= 0.3 is 12.5 Å². The molecule has 1 saturated heterocycles. The molecule has 2 aliphatic rings. The Morgan fingerprint density at radius 1 is 1.12 bits per heavy atom. The summed E-state index contributed by atoms with van der Waals surface area (Å²) >= 11 is 0. The van der Waals surface area contributed by atoms with E-state index in [1.165, 1.54) is 35.2 Å². The van der Waals surface area contributed by atoms with Gasteiger partial charge in [0, 0.05) is 17.7 Å². The maximum atomic E-state index is 13.2. The standard InChI is InChI=1S/C22H19F4N3O3.ClH/c23-14-1-3-15(4-2-14)29-12-21(32-20(29)30)9-7-13(8-10-21)19-27-17-6-5-16(11-18(17)28-19)31-22(24,25)26;/h1-6,11,13H,7-10,12H2,(H,27,28);1H. The fourth-order valence-corrected chi connectivity index (χ4v) is 4.52. The first-order chi connectivity index (χ1) is 15.2. The number of nitrogens with one attached hydrogen (secondary N) is 1. The Morgan fingerprint density at radius 3 is 2.48 bits per heavy atom. The highest BCUT2D eigenvalue weighted by molar-refractivity contribution is 5.90. The molecule has 1 saturated carbocycles. The van der Waals surface area contributed by atoms with E-state index in [9.17, 15) is 22.4 Å². The molecule has 2 heterocycles. The number of anilines is 1. The monoisotopic (exact) mass is 485 g/mol. The van der Waals surface area contributed by atoms with Gasteiger partial charge in [-0.1, -0.05) is 0 Å². The average molecular weight is 486 g/mol. The van der Waals surface area contributed by atoms with Gasteiger partial charge in [-0.2, -0.15) is 0 Å². The van der Waals surface area contributed by atoms with E-state index in [0.29, 0.717) is 54.8 Å². The molecule has 176 valence electrons. The number of hydrogen-bond donors (Lipinski definition) is 1. The van der Waals surface area contributed by atoms with Gasteiger partial charge in [0.1, 0.15) is 23.0 Å². The average Bonchev–Trinajstić information content (AvgIpc) is 3.29. The van der Waals surface area contributed by atoms with Gasteiger partial charge in [0.05, 0.1) is 17.6 Å². The third kappa shape index (κ3) is 4.71. The van der Waals surface area contributed by atoms with Gasteiger partial charge in [-0.25, -0.2) is 14.2 Å². The molecule has 33 heavy (non-hydrogen) atoms. The number of H-pyrrole nitrogens is 1. The fourth-order valence-electron chi connectivity index (χ4n) is 4.52. The van der Waals surface area contributed by atoms with Crippen LogP contribution in [0.4, 0.5) is 28.0 Å². The normalized spacial score (nSPS) is 23.0. The maximum absolute atomic E-state index is 13.2. The summed E-state index contributed by atoms with van der Waals surface area (Å²) in [5, 5.41) is 0. The maximum Gasteiger partial charge on any atom is 0.573 e. The number of ether oxygens (including phenoxy) is 2. The van der Waals surface area contributed by atoms with E-state index in [4.69, 9.17) is 4.74 Å². The summed E-state index contributed by atoms with van der Waals surface area (Å²) in [5.74, 6) is 0.0818. The number of imidazole rings is 1. The minimum atomic E-state index is -4.76. The van der Waals surface area contributed by atoms with Crippen molar-refractivity contribution in [2.45, 2.75) is 43.6 Å². The Balaban J connectivity index is 0.00000259. The quantitative estimate of drug-likeness (QED) is 0.457. The zero-order chi connectivity index (χ0) is 22.5. The second kappa shape index (κ2) is 8.40. The van der Waals surface area contributed by atoms with Crippen molar-refractivity contribution in [3.63, 3.8) is 0 Å². The van der Waals surface area contributed by atoms with Crippen LogP contribution in [0.25, 0.3) is 11.0 Å². The van der Waals surface area contributed by atoms with Crippen LogP contribution in [0.2, 0.25) is 0 Å². The molecule has 1 N–H and O–H groups in total. The number of aromatic nitrogens is 2. The fraction of sp³-hybridized carbons (Fsp3) is 0.364. The van der Waals surface area contributed by atoms with E-state index in [0.717, 1.165) is 0 Å². The van der Waals surface area contributed by atoms with Crippen LogP contribution >= 0.6 is 12.4 Å². The molecule has 1 aliphatic carbocycles. The smallest absolute Gasteiger partial charge is 0.441 e. The Hall–Kier alpha value is -3.01. The summed E-state index contributed by atoms with van der Waals surface area (Å²) in [6, 6.07) is 9.70. The number of benzene rings is 2. The van der Waals surface area contributed by atoms with Crippen molar-refractivity contribution in [2.75, 3.05) is 11.4 Å². The van der Waals surface area contributed by atoms with E-state index >= 15 is 0 Å². The summed E-state index contributed by atoms with van der Waals surface area (Å²) < 4.78 is 60.3. The molecule has 1 aromatic heterocycles. The molecule has 0 bridgehead atoms. The number of halogens is 5. The van der Waals surface area contributed by atoms with Gasteiger partial charge in [0.2, 0.25) is 0 Å². The number of rotatable bonds is 3. The predicted octanol–water partition coefficient (Wildman–Crippen LogP) is 6.08. The summed E-state index contributed by atoms with van der Waals surface area (Å²) in [7, 11) is 0. The molecule has 5 rings (SSSR count). The highest BCUT2D eigenvalue weighted by Crippen LogP contribution is 2.43. The van der Waals surface area contributed by atoms with Gasteiger partial charge in [-0.15, -0.1) is 25.6 Å². The summed E-state index contributed by atoms with van der Waals surface area (Å²) in [6.45, 7) is 0.391. The third-order valence-electron chi connectivity index (χ3n) is 6.10. The lowest BCUT2D eigenvalue weighted by molar-refractivity contribution is -0.274. The van der Waals surface area contributed by atoms with Gasteiger partial charge in [-0.3, -0.25) is 4.90 Å². The van der Waals surface area contributed by atoms with E-state index in [1.807, 2.05) is 0 Å². The number of aromatic amines is 1. The Labute approximate surface area is 192 Å². The molecule has 11 heteroatoms. The minimum Gasteiger partial charge on any atom is -0.441 e. The first kappa shape index (κ1) is 23.2. The molecule has 1 spiro atoms. The van der Waals surface area contributed by atoms with Crippen molar-refractivity contribution >= 4 is 35.2 Å². The van der Waals surface area contributed by atoms with Crippen LogP contribution in [0.15, 0.2) is 42.5 Å². The van der Waals surface area contributed by atoms with E-state index < -0.39 is 18.1 Å². The zero-order valence-electron chi connectivity index (χ0n) is 17.2. The number of alkyl halides is 3. The highest BCUT2D eigenvalue weighted by atomic mass is 35.5. The second-order valence-corrected chi connectivity index (χ2v) is 8.24. The Morgan fingerprint density at radius 2 is 1.82 bits per heavy atom. The van der Waals surface area contributed by atoms with Gasteiger partial charge < -0.3 is 14.5 Å². The number of amides is 1. The van der Waals surface area contributed by atoms with E-state index in [2.05, 4.69) is 14.7 Å². The summed E-state index contributed by atoms with van der Waals surface area (Å²) in [4.78, 5) is 21.6. The SMILES string of the molecule is Cl.O=C1OC2(CCC(c3nc4ccc(OC(F)(F)F)cc4[nH]3)CC2)CN1c1ccc(F)cc1. The second-order valence-electron chi connectivity index (χ2n) is 8.24. The molecule has 0 atom stereocenters. The summed E-state index contributed by atoms with van der Waals surface area (Å²) in [6.07, 6.45) is -2.54.